The number of aromatic nitrogens is 1. The minimum atomic E-state index is -0.726. The molecule has 0 amide bonds. The highest BCUT2D eigenvalue weighted by Crippen LogP contribution is 2.28. The zero-order chi connectivity index (χ0) is 16.8. The van der Waals surface area contributed by atoms with E-state index >= 15 is 0 Å². The van der Waals surface area contributed by atoms with Crippen LogP contribution < -0.4 is 5.32 Å². The van der Waals surface area contributed by atoms with Gasteiger partial charge in [-0.1, -0.05) is 23.5 Å². The molecule has 0 radical (unpaired) electrons. The van der Waals surface area contributed by atoms with E-state index in [1.165, 1.54) is 17.5 Å². The number of para-hydroxylation sites is 1. The minimum Gasteiger partial charge on any atom is -0.462 e. The molecule has 23 heavy (non-hydrogen) atoms. The van der Waals surface area contributed by atoms with E-state index < -0.39 is 11.9 Å². The van der Waals surface area contributed by atoms with Gasteiger partial charge in [0.1, 0.15) is 0 Å². The molecule has 1 heterocycles. The van der Waals surface area contributed by atoms with Gasteiger partial charge in [0.2, 0.25) is 0 Å². The van der Waals surface area contributed by atoms with Crippen molar-refractivity contribution < 1.29 is 19.1 Å². The molecule has 0 saturated heterocycles. The lowest BCUT2D eigenvalue weighted by molar-refractivity contribution is -0.146. The van der Waals surface area contributed by atoms with Gasteiger partial charge in [-0.15, -0.1) is 0 Å². The Balaban J connectivity index is 2.25. The van der Waals surface area contributed by atoms with Gasteiger partial charge in [-0.05, 0) is 32.4 Å². The number of carbonyl (C=O) groups is 2. The Morgan fingerprint density at radius 3 is 2.43 bits per heavy atom. The van der Waals surface area contributed by atoms with Crippen molar-refractivity contribution in [2.45, 2.75) is 20.8 Å². The zero-order valence-electron chi connectivity index (χ0n) is 13.2. The highest BCUT2D eigenvalue weighted by Gasteiger charge is 2.21. The molecule has 0 atom stereocenters. The van der Waals surface area contributed by atoms with Crippen molar-refractivity contribution in [1.82, 2.24) is 4.98 Å². The predicted octanol–water partition coefficient (Wildman–Crippen LogP) is 3.03. The first-order valence-corrected chi connectivity index (χ1v) is 8.05. The number of aryl methyl sites for hydroxylation is 1. The molecule has 1 aromatic carbocycles. The molecule has 0 fully saturated rings. The van der Waals surface area contributed by atoms with Crippen LogP contribution in [-0.2, 0) is 19.1 Å². The van der Waals surface area contributed by atoms with Crippen molar-refractivity contribution in [1.29, 1.82) is 0 Å². The molecule has 122 valence electrons. The largest absolute Gasteiger partial charge is 0.462 e. The topological polar surface area (TPSA) is 77.5 Å². The molecule has 2 aromatic rings. The molecule has 0 aliphatic carbocycles. The van der Waals surface area contributed by atoms with Crippen molar-refractivity contribution >= 4 is 38.6 Å². The average Bonchev–Trinajstić information content (AvgIpc) is 2.92. The highest BCUT2D eigenvalue weighted by atomic mass is 32.1. The van der Waals surface area contributed by atoms with Gasteiger partial charge in [-0.25, -0.2) is 14.6 Å². The van der Waals surface area contributed by atoms with E-state index in [0.717, 1.165) is 15.8 Å². The summed E-state index contributed by atoms with van der Waals surface area (Å²) in [5.41, 5.74) is 1.76. The van der Waals surface area contributed by atoms with Gasteiger partial charge in [0.15, 0.2) is 10.7 Å². The van der Waals surface area contributed by atoms with Crippen LogP contribution in [0.25, 0.3) is 10.2 Å². The van der Waals surface area contributed by atoms with E-state index in [4.69, 9.17) is 9.47 Å². The Morgan fingerprint density at radius 2 is 1.87 bits per heavy atom. The summed E-state index contributed by atoms with van der Waals surface area (Å²) < 4.78 is 10.8. The van der Waals surface area contributed by atoms with Gasteiger partial charge in [0.05, 0.1) is 23.4 Å². The number of carbonyl (C=O) groups excluding carboxylic acids is 2. The number of nitrogens with one attached hydrogen (secondary N) is 1. The van der Waals surface area contributed by atoms with E-state index in [0.29, 0.717) is 5.13 Å². The third-order valence-electron chi connectivity index (χ3n) is 2.95. The van der Waals surface area contributed by atoms with Crippen LogP contribution in [-0.4, -0.2) is 30.1 Å². The van der Waals surface area contributed by atoms with Crippen LogP contribution in [0.1, 0.15) is 19.4 Å². The second-order valence-corrected chi connectivity index (χ2v) is 5.61. The lowest BCUT2D eigenvalue weighted by atomic mass is 10.2. The van der Waals surface area contributed by atoms with E-state index in [9.17, 15) is 9.59 Å². The number of esters is 2. The van der Waals surface area contributed by atoms with Crippen LogP contribution in [0.4, 0.5) is 5.13 Å². The Labute approximate surface area is 138 Å². The number of hydrogen-bond donors (Lipinski definition) is 1. The van der Waals surface area contributed by atoms with Crippen molar-refractivity contribution in [2.24, 2.45) is 0 Å². The number of benzene rings is 1. The standard InChI is InChI=1S/C16H18N2O4S/c1-4-21-14(19)11(15(20)22-5-2)9-17-16-18-13-10(3)7-6-8-12(13)23-16/h6-9H,4-5H2,1-3H3,(H,17,18). The number of hydrogen-bond acceptors (Lipinski definition) is 7. The lowest BCUT2D eigenvalue weighted by Crippen LogP contribution is -2.19. The number of anilines is 1. The first kappa shape index (κ1) is 17.0. The Morgan fingerprint density at radius 1 is 1.22 bits per heavy atom. The van der Waals surface area contributed by atoms with Crippen LogP contribution in [0.3, 0.4) is 0 Å². The van der Waals surface area contributed by atoms with E-state index in [1.807, 2.05) is 25.1 Å². The normalized spacial score (nSPS) is 10.2. The van der Waals surface area contributed by atoms with Crippen LogP contribution in [0.2, 0.25) is 0 Å². The lowest BCUT2D eigenvalue weighted by Gasteiger charge is -2.06. The molecule has 0 bridgehead atoms. The molecule has 0 aliphatic heterocycles. The molecule has 7 heteroatoms. The summed E-state index contributed by atoms with van der Waals surface area (Å²) >= 11 is 1.43. The van der Waals surface area contributed by atoms with Gasteiger partial charge < -0.3 is 14.8 Å². The van der Waals surface area contributed by atoms with Crippen LogP contribution in [0.15, 0.2) is 30.0 Å². The van der Waals surface area contributed by atoms with E-state index in [1.54, 1.807) is 13.8 Å². The molecule has 0 aliphatic rings. The van der Waals surface area contributed by atoms with Gasteiger partial charge in [0, 0.05) is 6.20 Å². The SMILES string of the molecule is CCOC(=O)C(=CNc1nc2c(C)cccc2s1)C(=O)OCC. The molecule has 0 saturated carbocycles. The molecule has 0 unspecified atom stereocenters. The second-order valence-electron chi connectivity index (χ2n) is 4.58. The van der Waals surface area contributed by atoms with Crippen LogP contribution >= 0.6 is 11.3 Å². The maximum absolute atomic E-state index is 11.9. The van der Waals surface area contributed by atoms with Gasteiger partial charge >= 0.3 is 11.9 Å². The quantitative estimate of drug-likeness (QED) is 0.379. The summed E-state index contributed by atoms with van der Waals surface area (Å²) in [6, 6.07) is 5.90. The first-order chi connectivity index (χ1) is 11.1. The fraction of sp³-hybridized carbons (Fsp3) is 0.312. The fourth-order valence-corrected chi connectivity index (χ4v) is 2.81. The van der Waals surface area contributed by atoms with Crippen molar-refractivity contribution in [3.63, 3.8) is 0 Å². The highest BCUT2D eigenvalue weighted by molar-refractivity contribution is 7.22. The minimum absolute atomic E-state index is 0.176. The molecule has 1 N–H and O–H groups in total. The predicted molar refractivity (Wildman–Crippen MR) is 89.3 cm³/mol. The molecule has 1 aromatic heterocycles. The smallest absolute Gasteiger partial charge is 0.347 e. The number of thiazole rings is 1. The number of nitrogens with zero attached hydrogens (tertiary/aromatic N) is 1. The molecular formula is C16H18N2O4S. The second kappa shape index (κ2) is 7.73. The molecule has 2 rings (SSSR count). The zero-order valence-corrected chi connectivity index (χ0v) is 14.0. The summed E-state index contributed by atoms with van der Waals surface area (Å²) in [5.74, 6) is -1.45. The summed E-state index contributed by atoms with van der Waals surface area (Å²) in [4.78, 5) is 28.2. The van der Waals surface area contributed by atoms with Gasteiger partial charge in [-0.3, -0.25) is 0 Å². The van der Waals surface area contributed by atoms with Gasteiger partial charge in [0.25, 0.3) is 0 Å². The average molecular weight is 334 g/mol. The number of ether oxygens (including phenoxy) is 2. The van der Waals surface area contributed by atoms with Gasteiger partial charge in [-0.2, -0.15) is 0 Å². The van der Waals surface area contributed by atoms with Crippen LogP contribution in [0.5, 0.6) is 0 Å². The van der Waals surface area contributed by atoms with E-state index in [2.05, 4.69) is 10.3 Å². The van der Waals surface area contributed by atoms with Crippen LogP contribution in [0, 0.1) is 6.92 Å². The monoisotopic (exact) mass is 334 g/mol. The summed E-state index contributed by atoms with van der Waals surface area (Å²) in [6.45, 7) is 5.67. The summed E-state index contributed by atoms with van der Waals surface area (Å²) in [7, 11) is 0. The Hall–Kier alpha value is -2.41. The number of fused-ring (bicyclic) bond motifs is 1. The molecule has 6 nitrogen and oxygen atoms in total. The summed E-state index contributed by atoms with van der Waals surface area (Å²) in [6.07, 6.45) is 1.28. The van der Waals surface area contributed by atoms with E-state index in [-0.39, 0.29) is 18.8 Å². The first-order valence-electron chi connectivity index (χ1n) is 7.23. The Kier molecular flexibility index (Phi) is 5.70. The third-order valence-corrected chi connectivity index (χ3v) is 3.90. The van der Waals surface area contributed by atoms with Crippen molar-refractivity contribution in [3.8, 4) is 0 Å². The fourth-order valence-electron chi connectivity index (χ4n) is 1.90. The molecule has 0 spiro atoms. The molecular weight excluding hydrogens is 316 g/mol. The van der Waals surface area contributed by atoms with Crippen molar-refractivity contribution in [2.75, 3.05) is 18.5 Å². The third kappa shape index (κ3) is 4.07. The summed E-state index contributed by atoms with van der Waals surface area (Å²) in [5, 5.41) is 3.47. The Bertz CT molecular complexity index is 732. The maximum atomic E-state index is 11.9. The van der Waals surface area contributed by atoms with Crippen molar-refractivity contribution in [3.05, 3.63) is 35.5 Å². The number of rotatable bonds is 6. The maximum Gasteiger partial charge on any atom is 0.347 e.